The topological polar surface area (TPSA) is 109 Å². The van der Waals surface area contributed by atoms with Crippen LogP contribution in [0.1, 0.15) is 20.3 Å². The van der Waals surface area contributed by atoms with Crippen LogP contribution in [0.2, 0.25) is 0 Å². The van der Waals surface area contributed by atoms with Gasteiger partial charge in [-0.2, -0.15) is 5.26 Å². The maximum absolute atomic E-state index is 12.3. The summed E-state index contributed by atoms with van der Waals surface area (Å²) in [6.45, 7) is 3.55. The molecule has 1 amide bonds. The number of rotatable bonds is 5. The molecule has 1 fully saturated rings. The number of ether oxygens (including phenoxy) is 2. The molecule has 1 saturated heterocycles. The molecule has 1 aliphatic heterocycles. The Morgan fingerprint density at radius 3 is 2.55 bits per heavy atom. The molecule has 7 nitrogen and oxygen atoms in total. The number of amides is 1. The van der Waals surface area contributed by atoms with E-state index in [0.717, 1.165) is 0 Å². The molecule has 3 N–H and O–H groups in total. The summed E-state index contributed by atoms with van der Waals surface area (Å²) in [5.41, 5.74) is 5.78. The first-order chi connectivity index (χ1) is 9.36. The van der Waals surface area contributed by atoms with Crippen molar-refractivity contribution in [2.75, 3.05) is 20.8 Å². The summed E-state index contributed by atoms with van der Waals surface area (Å²) in [7, 11) is 2.86. The van der Waals surface area contributed by atoms with E-state index in [1.165, 1.54) is 19.1 Å². The summed E-state index contributed by atoms with van der Waals surface area (Å²) in [5.74, 6) is -2.19. The molecule has 0 aliphatic carbocycles. The monoisotopic (exact) mass is 285 g/mol. The van der Waals surface area contributed by atoms with E-state index in [1.54, 1.807) is 13.8 Å². The SMILES string of the molecule is CCC(N)C(=O)N1CC(C#N)C(O)C1C(C)(OC)OC. The number of likely N-dealkylation sites (tertiary alicyclic amines) is 1. The smallest absolute Gasteiger partial charge is 0.240 e. The van der Waals surface area contributed by atoms with Gasteiger partial charge >= 0.3 is 0 Å². The van der Waals surface area contributed by atoms with Gasteiger partial charge in [0.25, 0.3) is 0 Å². The highest BCUT2D eigenvalue weighted by Crippen LogP contribution is 2.33. The van der Waals surface area contributed by atoms with Gasteiger partial charge in [-0.25, -0.2) is 0 Å². The third-order valence-electron chi connectivity index (χ3n) is 4.02. The van der Waals surface area contributed by atoms with E-state index in [1.807, 2.05) is 6.07 Å². The van der Waals surface area contributed by atoms with Crippen molar-refractivity contribution in [3.63, 3.8) is 0 Å². The Hall–Kier alpha value is -1.20. The predicted molar refractivity (Wildman–Crippen MR) is 71.3 cm³/mol. The largest absolute Gasteiger partial charge is 0.389 e. The van der Waals surface area contributed by atoms with Crippen molar-refractivity contribution in [2.45, 2.75) is 44.2 Å². The van der Waals surface area contributed by atoms with Crippen LogP contribution in [0.15, 0.2) is 0 Å². The normalized spacial score (nSPS) is 28.2. The van der Waals surface area contributed by atoms with Gasteiger partial charge in [-0.05, 0) is 13.3 Å². The van der Waals surface area contributed by atoms with Gasteiger partial charge in [0.15, 0.2) is 5.79 Å². The van der Waals surface area contributed by atoms with Gasteiger partial charge in [-0.15, -0.1) is 0 Å². The van der Waals surface area contributed by atoms with E-state index in [9.17, 15) is 9.90 Å². The molecule has 1 rings (SSSR count). The van der Waals surface area contributed by atoms with Gasteiger partial charge < -0.3 is 25.2 Å². The molecule has 0 saturated carbocycles. The number of aliphatic hydroxyl groups is 1. The van der Waals surface area contributed by atoms with E-state index in [2.05, 4.69) is 0 Å². The average Bonchev–Trinajstić information content (AvgIpc) is 2.82. The third kappa shape index (κ3) is 2.79. The minimum Gasteiger partial charge on any atom is -0.389 e. The highest BCUT2D eigenvalue weighted by Gasteiger charge is 2.53. The molecular weight excluding hydrogens is 262 g/mol. The first-order valence-electron chi connectivity index (χ1n) is 6.60. The molecule has 4 unspecified atom stereocenters. The number of nitrogens with two attached hydrogens (primary N) is 1. The van der Waals surface area contributed by atoms with Gasteiger partial charge in [-0.3, -0.25) is 4.79 Å². The molecule has 1 aliphatic rings. The third-order valence-corrected chi connectivity index (χ3v) is 4.02. The molecule has 0 aromatic heterocycles. The van der Waals surface area contributed by atoms with E-state index < -0.39 is 29.9 Å². The van der Waals surface area contributed by atoms with Crippen LogP contribution in [0.25, 0.3) is 0 Å². The van der Waals surface area contributed by atoms with Crippen LogP contribution in [-0.2, 0) is 14.3 Å². The van der Waals surface area contributed by atoms with Gasteiger partial charge in [0.2, 0.25) is 5.91 Å². The molecule has 0 aromatic carbocycles. The maximum atomic E-state index is 12.3. The van der Waals surface area contributed by atoms with Crippen molar-refractivity contribution in [3.05, 3.63) is 0 Å². The fraction of sp³-hybridized carbons (Fsp3) is 0.846. The molecule has 1 heterocycles. The van der Waals surface area contributed by atoms with E-state index in [0.29, 0.717) is 6.42 Å². The van der Waals surface area contributed by atoms with E-state index in [4.69, 9.17) is 20.5 Å². The number of aliphatic hydroxyl groups excluding tert-OH is 1. The van der Waals surface area contributed by atoms with Crippen molar-refractivity contribution >= 4 is 5.91 Å². The Balaban J connectivity index is 3.14. The molecule has 0 bridgehead atoms. The Morgan fingerprint density at radius 1 is 1.60 bits per heavy atom. The highest BCUT2D eigenvalue weighted by atomic mass is 16.7. The van der Waals surface area contributed by atoms with Gasteiger partial charge in [0.1, 0.15) is 6.04 Å². The van der Waals surface area contributed by atoms with Crippen LogP contribution in [0.4, 0.5) is 0 Å². The van der Waals surface area contributed by atoms with Gasteiger partial charge in [0.05, 0.1) is 24.1 Å². The lowest BCUT2D eigenvalue weighted by Gasteiger charge is -2.39. The zero-order valence-electron chi connectivity index (χ0n) is 12.4. The van der Waals surface area contributed by atoms with Gasteiger partial charge in [-0.1, -0.05) is 6.92 Å². The number of hydrogen-bond donors (Lipinski definition) is 2. The standard InChI is InChI=1S/C13H23N3O4/c1-5-9(15)12(18)16-7-8(6-14)10(17)11(16)13(2,19-3)20-4/h8-11,17H,5,7,15H2,1-4H3. The number of carbonyl (C=O) groups excluding carboxylic acids is 1. The minimum absolute atomic E-state index is 0.122. The summed E-state index contributed by atoms with van der Waals surface area (Å²) < 4.78 is 10.6. The van der Waals surface area contributed by atoms with Crippen LogP contribution in [0, 0.1) is 17.2 Å². The Bertz CT molecular complexity index is 392. The van der Waals surface area contributed by atoms with Crippen molar-refractivity contribution in [2.24, 2.45) is 11.7 Å². The summed E-state index contributed by atoms with van der Waals surface area (Å²) in [5, 5.41) is 19.4. The zero-order valence-corrected chi connectivity index (χ0v) is 12.4. The first kappa shape index (κ1) is 16.9. The number of hydrogen-bond acceptors (Lipinski definition) is 6. The molecule has 4 atom stereocenters. The lowest BCUT2D eigenvalue weighted by atomic mass is 9.97. The van der Waals surface area contributed by atoms with Crippen LogP contribution in [-0.4, -0.2) is 60.7 Å². The molecule has 0 radical (unpaired) electrons. The predicted octanol–water partition coefficient (Wildman–Crippen LogP) is -0.556. The number of nitriles is 1. The Kier molecular flexibility index (Phi) is 5.48. The summed E-state index contributed by atoms with van der Waals surface area (Å²) in [4.78, 5) is 13.7. The number of nitrogens with zero attached hydrogens (tertiary/aromatic N) is 2. The van der Waals surface area contributed by atoms with Crippen molar-refractivity contribution in [1.82, 2.24) is 4.90 Å². The van der Waals surface area contributed by atoms with Crippen molar-refractivity contribution in [1.29, 1.82) is 5.26 Å². The molecule has 0 aromatic rings. The fourth-order valence-electron chi connectivity index (χ4n) is 2.49. The highest BCUT2D eigenvalue weighted by molar-refractivity contribution is 5.82. The molecule has 0 spiro atoms. The van der Waals surface area contributed by atoms with Crippen molar-refractivity contribution in [3.8, 4) is 6.07 Å². The van der Waals surface area contributed by atoms with Crippen LogP contribution in [0.3, 0.4) is 0 Å². The number of methoxy groups -OCH3 is 2. The van der Waals surface area contributed by atoms with Gasteiger partial charge in [0, 0.05) is 20.8 Å². The summed E-state index contributed by atoms with van der Waals surface area (Å²) in [6, 6.07) is 0.572. The molecule has 20 heavy (non-hydrogen) atoms. The van der Waals surface area contributed by atoms with Crippen LogP contribution in [0.5, 0.6) is 0 Å². The lowest BCUT2D eigenvalue weighted by Crippen LogP contribution is -2.58. The lowest BCUT2D eigenvalue weighted by molar-refractivity contribution is -0.238. The summed E-state index contributed by atoms with van der Waals surface area (Å²) >= 11 is 0. The van der Waals surface area contributed by atoms with E-state index in [-0.39, 0.29) is 12.5 Å². The molecule has 114 valence electrons. The molecule has 7 heteroatoms. The van der Waals surface area contributed by atoms with Crippen LogP contribution < -0.4 is 5.73 Å². The Morgan fingerprint density at radius 2 is 2.15 bits per heavy atom. The summed E-state index contributed by atoms with van der Waals surface area (Å²) in [6.07, 6.45) is -0.565. The Labute approximate surface area is 119 Å². The van der Waals surface area contributed by atoms with Crippen LogP contribution >= 0.6 is 0 Å². The average molecular weight is 285 g/mol. The van der Waals surface area contributed by atoms with E-state index >= 15 is 0 Å². The zero-order chi connectivity index (χ0) is 15.5. The quantitative estimate of drug-likeness (QED) is 0.656. The molecular formula is C13H23N3O4. The first-order valence-corrected chi connectivity index (χ1v) is 6.60. The second kappa shape index (κ2) is 6.50. The maximum Gasteiger partial charge on any atom is 0.240 e. The minimum atomic E-state index is -1.20. The fourth-order valence-corrected chi connectivity index (χ4v) is 2.49. The van der Waals surface area contributed by atoms with Crippen molar-refractivity contribution < 1.29 is 19.4 Å². The second-order valence-corrected chi connectivity index (χ2v) is 5.10. The number of carbonyl (C=O) groups is 1. The second-order valence-electron chi connectivity index (χ2n) is 5.10.